The molecular formula is C15H18N2O2. The predicted octanol–water partition coefficient (Wildman–Crippen LogP) is 2.72. The van der Waals surface area contributed by atoms with E-state index in [2.05, 4.69) is 10.3 Å². The second-order valence-corrected chi connectivity index (χ2v) is 4.87. The Bertz CT molecular complexity index is 505. The minimum atomic E-state index is 0.625. The summed E-state index contributed by atoms with van der Waals surface area (Å²) in [4.78, 5) is 4.34. The average Bonchev–Trinajstić information content (AvgIpc) is 3.01. The van der Waals surface area contributed by atoms with Crippen LogP contribution < -0.4 is 10.1 Å². The third-order valence-electron chi connectivity index (χ3n) is 3.52. The van der Waals surface area contributed by atoms with E-state index in [1.807, 2.05) is 18.2 Å². The number of furan rings is 1. The van der Waals surface area contributed by atoms with Crippen molar-refractivity contribution >= 4 is 0 Å². The topological polar surface area (TPSA) is 47.3 Å². The summed E-state index contributed by atoms with van der Waals surface area (Å²) >= 11 is 0. The largest absolute Gasteiger partial charge is 0.477 e. The maximum atomic E-state index is 5.92. The molecule has 0 atom stereocenters. The van der Waals surface area contributed by atoms with Gasteiger partial charge in [-0.25, -0.2) is 4.98 Å². The number of nitrogens with one attached hydrogen (secondary N) is 1. The zero-order valence-corrected chi connectivity index (χ0v) is 10.8. The lowest BCUT2D eigenvalue weighted by Crippen LogP contribution is -2.30. The maximum absolute atomic E-state index is 5.92. The monoisotopic (exact) mass is 258 g/mol. The first kappa shape index (κ1) is 12.2. The van der Waals surface area contributed by atoms with E-state index in [1.165, 1.54) is 12.8 Å². The van der Waals surface area contributed by atoms with Gasteiger partial charge in [-0.05, 0) is 50.0 Å². The molecule has 1 N–H and O–H groups in total. The molecule has 0 bridgehead atoms. The van der Waals surface area contributed by atoms with Crippen LogP contribution in [-0.4, -0.2) is 24.7 Å². The van der Waals surface area contributed by atoms with Crippen LogP contribution in [0.15, 0.2) is 41.3 Å². The fourth-order valence-electron chi connectivity index (χ4n) is 2.39. The predicted molar refractivity (Wildman–Crippen MR) is 73.0 cm³/mol. The molecule has 0 saturated carbocycles. The Morgan fingerprint density at radius 3 is 3.00 bits per heavy atom. The van der Waals surface area contributed by atoms with Gasteiger partial charge in [-0.1, -0.05) is 0 Å². The summed E-state index contributed by atoms with van der Waals surface area (Å²) in [6.07, 6.45) is 7.50. The van der Waals surface area contributed by atoms with Crippen molar-refractivity contribution in [2.45, 2.75) is 12.8 Å². The average molecular weight is 258 g/mol. The van der Waals surface area contributed by atoms with Gasteiger partial charge in [-0.3, -0.25) is 0 Å². The summed E-state index contributed by atoms with van der Waals surface area (Å²) in [6.45, 7) is 2.92. The van der Waals surface area contributed by atoms with Crippen molar-refractivity contribution in [3.8, 4) is 17.0 Å². The van der Waals surface area contributed by atoms with Crippen LogP contribution in [0, 0.1) is 5.92 Å². The minimum absolute atomic E-state index is 0.625. The molecule has 4 heteroatoms. The number of hydrogen-bond acceptors (Lipinski definition) is 4. The summed E-state index contributed by atoms with van der Waals surface area (Å²) < 4.78 is 11.0. The Labute approximate surface area is 112 Å². The summed E-state index contributed by atoms with van der Waals surface area (Å²) in [7, 11) is 0. The Hall–Kier alpha value is -1.81. The Balaban J connectivity index is 1.70. The van der Waals surface area contributed by atoms with E-state index in [1.54, 1.807) is 18.7 Å². The van der Waals surface area contributed by atoms with Crippen LogP contribution >= 0.6 is 0 Å². The number of rotatable bonds is 4. The van der Waals surface area contributed by atoms with Gasteiger partial charge in [0.25, 0.3) is 0 Å². The summed E-state index contributed by atoms with van der Waals surface area (Å²) in [5.74, 6) is 1.32. The van der Waals surface area contributed by atoms with Gasteiger partial charge in [-0.2, -0.15) is 0 Å². The lowest BCUT2D eigenvalue weighted by Gasteiger charge is -2.22. The van der Waals surface area contributed by atoms with E-state index in [4.69, 9.17) is 9.15 Å². The van der Waals surface area contributed by atoms with Crippen LogP contribution in [0.4, 0.5) is 0 Å². The molecule has 1 aliphatic heterocycles. The van der Waals surface area contributed by atoms with Crippen LogP contribution in [-0.2, 0) is 0 Å². The van der Waals surface area contributed by atoms with Crippen molar-refractivity contribution in [3.05, 3.63) is 36.9 Å². The van der Waals surface area contributed by atoms with Crippen molar-refractivity contribution in [1.82, 2.24) is 10.3 Å². The number of aromatic nitrogens is 1. The molecular weight excluding hydrogens is 240 g/mol. The first-order chi connectivity index (χ1) is 9.43. The Morgan fingerprint density at radius 1 is 1.32 bits per heavy atom. The van der Waals surface area contributed by atoms with Crippen LogP contribution in [0.2, 0.25) is 0 Å². The molecule has 0 unspecified atom stereocenters. The third-order valence-corrected chi connectivity index (χ3v) is 3.52. The van der Waals surface area contributed by atoms with Crippen LogP contribution in [0.3, 0.4) is 0 Å². The van der Waals surface area contributed by atoms with E-state index >= 15 is 0 Å². The zero-order valence-electron chi connectivity index (χ0n) is 10.8. The highest BCUT2D eigenvalue weighted by atomic mass is 16.5. The molecule has 19 heavy (non-hydrogen) atoms. The highest BCUT2D eigenvalue weighted by molar-refractivity contribution is 5.67. The van der Waals surface area contributed by atoms with Crippen molar-refractivity contribution < 1.29 is 9.15 Å². The SMILES string of the molecule is c1cnc(OCC2CCNCC2)c(-c2ccoc2)c1. The number of hydrogen-bond donors (Lipinski definition) is 1. The van der Waals surface area contributed by atoms with Gasteiger partial charge in [0.1, 0.15) is 0 Å². The molecule has 0 aromatic carbocycles. The van der Waals surface area contributed by atoms with Gasteiger partial charge in [0.2, 0.25) is 5.88 Å². The van der Waals surface area contributed by atoms with E-state index in [-0.39, 0.29) is 0 Å². The van der Waals surface area contributed by atoms with E-state index in [0.717, 1.165) is 30.8 Å². The molecule has 100 valence electrons. The fourth-order valence-corrected chi connectivity index (χ4v) is 2.39. The van der Waals surface area contributed by atoms with Gasteiger partial charge in [0.15, 0.2) is 0 Å². The molecule has 2 aromatic rings. The quantitative estimate of drug-likeness (QED) is 0.916. The molecule has 1 fully saturated rings. The second kappa shape index (κ2) is 5.89. The highest BCUT2D eigenvalue weighted by Crippen LogP contribution is 2.28. The molecule has 2 aromatic heterocycles. The summed E-state index contributed by atoms with van der Waals surface area (Å²) in [5.41, 5.74) is 2.00. The Kier molecular flexibility index (Phi) is 3.79. The van der Waals surface area contributed by atoms with Crippen molar-refractivity contribution in [3.63, 3.8) is 0 Å². The van der Waals surface area contributed by atoms with Crippen LogP contribution in [0.1, 0.15) is 12.8 Å². The lowest BCUT2D eigenvalue weighted by atomic mass is 9.99. The maximum Gasteiger partial charge on any atom is 0.221 e. The van der Waals surface area contributed by atoms with Gasteiger partial charge in [-0.15, -0.1) is 0 Å². The van der Waals surface area contributed by atoms with Gasteiger partial charge in [0, 0.05) is 17.3 Å². The molecule has 3 heterocycles. The number of ether oxygens (including phenoxy) is 1. The zero-order chi connectivity index (χ0) is 12.9. The molecule has 0 aliphatic carbocycles. The molecule has 0 spiro atoms. The molecule has 3 rings (SSSR count). The number of piperidine rings is 1. The highest BCUT2D eigenvalue weighted by Gasteiger charge is 2.15. The third kappa shape index (κ3) is 2.96. The molecule has 4 nitrogen and oxygen atoms in total. The van der Waals surface area contributed by atoms with Gasteiger partial charge < -0.3 is 14.5 Å². The molecule has 1 saturated heterocycles. The van der Waals surface area contributed by atoms with E-state index < -0.39 is 0 Å². The van der Waals surface area contributed by atoms with Crippen molar-refractivity contribution in [1.29, 1.82) is 0 Å². The Morgan fingerprint density at radius 2 is 2.21 bits per heavy atom. The fraction of sp³-hybridized carbons (Fsp3) is 0.400. The van der Waals surface area contributed by atoms with Crippen LogP contribution in [0.5, 0.6) is 5.88 Å². The minimum Gasteiger partial charge on any atom is -0.477 e. The number of nitrogens with zero attached hydrogens (tertiary/aromatic N) is 1. The lowest BCUT2D eigenvalue weighted by molar-refractivity contribution is 0.209. The summed E-state index contributed by atoms with van der Waals surface area (Å²) in [6, 6.07) is 5.85. The van der Waals surface area contributed by atoms with E-state index in [9.17, 15) is 0 Å². The van der Waals surface area contributed by atoms with Gasteiger partial charge >= 0.3 is 0 Å². The van der Waals surface area contributed by atoms with Crippen molar-refractivity contribution in [2.75, 3.05) is 19.7 Å². The standard InChI is InChI=1S/C15H18N2O2/c1-2-14(13-5-9-18-11-13)15(17-6-1)19-10-12-3-7-16-8-4-12/h1-2,5-6,9,11-12,16H,3-4,7-8,10H2. The molecule has 0 amide bonds. The van der Waals surface area contributed by atoms with E-state index in [0.29, 0.717) is 11.8 Å². The number of pyridine rings is 1. The molecule has 1 aliphatic rings. The van der Waals surface area contributed by atoms with Gasteiger partial charge in [0.05, 0.1) is 19.1 Å². The van der Waals surface area contributed by atoms with Crippen LogP contribution in [0.25, 0.3) is 11.1 Å². The second-order valence-electron chi connectivity index (χ2n) is 4.87. The smallest absolute Gasteiger partial charge is 0.221 e. The first-order valence-corrected chi connectivity index (χ1v) is 6.74. The van der Waals surface area contributed by atoms with Crippen molar-refractivity contribution in [2.24, 2.45) is 5.92 Å². The normalized spacial score (nSPS) is 16.4. The first-order valence-electron chi connectivity index (χ1n) is 6.74. The summed E-state index contributed by atoms with van der Waals surface area (Å²) in [5, 5.41) is 3.36. The molecule has 0 radical (unpaired) electrons.